The summed E-state index contributed by atoms with van der Waals surface area (Å²) in [5.41, 5.74) is 6.02. The first-order valence-corrected chi connectivity index (χ1v) is 5.32. The van der Waals surface area contributed by atoms with E-state index in [0.717, 1.165) is 5.57 Å². The van der Waals surface area contributed by atoms with Gasteiger partial charge in [-0.05, 0) is 19.8 Å². The zero-order valence-corrected chi connectivity index (χ0v) is 9.49. The molecule has 1 saturated heterocycles. The summed E-state index contributed by atoms with van der Waals surface area (Å²) in [5.74, 6) is -0.857. The summed E-state index contributed by atoms with van der Waals surface area (Å²) < 4.78 is 5.11. The van der Waals surface area contributed by atoms with Crippen LogP contribution in [0.3, 0.4) is 0 Å². The van der Waals surface area contributed by atoms with Crippen molar-refractivity contribution in [3.63, 3.8) is 0 Å². The molecule has 1 aliphatic heterocycles. The molecule has 0 spiro atoms. The normalized spacial score (nSPS) is 21.4. The van der Waals surface area contributed by atoms with Gasteiger partial charge in [0.2, 0.25) is 11.8 Å². The molecule has 0 radical (unpaired) electrons. The van der Waals surface area contributed by atoms with E-state index < -0.39 is 11.9 Å². The van der Waals surface area contributed by atoms with Gasteiger partial charge in [-0.3, -0.25) is 9.59 Å². The Hall–Kier alpha value is -1.36. The van der Waals surface area contributed by atoms with Crippen molar-refractivity contribution < 1.29 is 14.3 Å². The lowest BCUT2D eigenvalue weighted by Crippen LogP contribution is -2.46. The van der Waals surface area contributed by atoms with E-state index in [1.165, 1.54) is 0 Å². The molecule has 5 nitrogen and oxygen atoms in total. The highest BCUT2D eigenvalue weighted by molar-refractivity contribution is 5.87. The molecule has 2 amide bonds. The molecular formula is C11H18N2O3. The van der Waals surface area contributed by atoms with Gasteiger partial charge in [0.1, 0.15) is 6.04 Å². The number of nitrogens with two attached hydrogens (primary N) is 1. The molecule has 0 aromatic carbocycles. The molecular weight excluding hydrogens is 208 g/mol. The molecule has 1 rings (SSSR count). The van der Waals surface area contributed by atoms with Gasteiger partial charge in [0, 0.05) is 6.61 Å². The van der Waals surface area contributed by atoms with Crippen molar-refractivity contribution in [1.82, 2.24) is 5.32 Å². The van der Waals surface area contributed by atoms with Crippen LogP contribution in [-0.2, 0) is 14.3 Å². The minimum absolute atomic E-state index is 0.160. The van der Waals surface area contributed by atoms with Gasteiger partial charge in [-0.1, -0.05) is 5.57 Å². The van der Waals surface area contributed by atoms with Gasteiger partial charge in [0.05, 0.1) is 12.5 Å². The molecule has 1 heterocycles. The largest absolute Gasteiger partial charge is 0.381 e. The van der Waals surface area contributed by atoms with Crippen LogP contribution in [0.4, 0.5) is 0 Å². The number of carbonyl (C=O) groups excluding carboxylic acids is 2. The molecule has 2 atom stereocenters. The zero-order valence-electron chi connectivity index (χ0n) is 9.49. The van der Waals surface area contributed by atoms with Crippen molar-refractivity contribution in [1.29, 1.82) is 0 Å². The Labute approximate surface area is 95.0 Å². The average Bonchev–Trinajstić information content (AvgIpc) is 2.68. The molecule has 1 fully saturated rings. The van der Waals surface area contributed by atoms with Crippen LogP contribution >= 0.6 is 0 Å². The summed E-state index contributed by atoms with van der Waals surface area (Å²) in [6, 6.07) is -0.661. The Bertz CT molecular complexity index is 296. The quantitative estimate of drug-likeness (QED) is 0.645. The van der Waals surface area contributed by atoms with Crippen molar-refractivity contribution in [3.05, 3.63) is 12.2 Å². The molecule has 0 unspecified atom stereocenters. The Morgan fingerprint density at radius 1 is 1.62 bits per heavy atom. The summed E-state index contributed by atoms with van der Waals surface area (Å²) in [4.78, 5) is 22.8. The van der Waals surface area contributed by atoms with Crippen LogP contribution in [0.15, 0.2) is 12.2 Å². The van der Waals surface area contributed by atoms with Crippen LogP contribution in [-0.4, -0.2) is 31.1 Å². The van der Waals surface area contributed by atoms with Gasteiger partial charge in [-0.2, -0.15) is 0 Å². The lowest BCUT2D eigenvalue weighted by atomic mass is 10.0. The number of carbonyl (C=O) groups is 2. The van der Waals surface area contributed by atoms with E-state index in [-0.39, 0.29) is 11.8 Å². The fourth-order valence-electron chi connectivity index (χ4n) is 1.60. The summed E-state index contributed by atoms with van der Waals surface area (Å²) in [7, 11) is 0. The van der Waals surface area contributed by atoms with Crippen molar-refractivity contribution >= 4 is 11.8 Å². The third kappa shape index (κ3) is 3.66. The number of primary amides is 1. The van der Waals surface area contributed by atoms with Crippen LogP contribution in [0.5, 0.6) is 0 Å². The predicted octanol–water partition coefficient (Wildman–Crippen LogP) is -0.0408. The van der Waals surface area contributed by atoms with Crippen molar-refractivity contribution in [2.24, 2.45) is 11.7 Å². The maximum Gasteiger partial charge on any atom is 0.240 e. The number of amides is 2. The standard InChI is InChI=1S/C11H18N2O3/c1-7(2)5-9(10(12)14)13-11(15)8-3-4-16-6-8/h8-9H,1,3-6H2,2H3,(H2,12,14)(H,13,15)/t8-,9+/m0/s1. The number of hydrogen-bond acceptors (Lipinski definition) is 3. The first-order valence-electron chi connectivity index (χ1n) is 5.32. The Kier molecular flexibility index (Phi) is 4.49. The monoisotopic (exact) mass is 226 g/mol. The Balaban J connectivity index is 2.50. The second kappa shape index (κ2) is 5.65. The zero-order chi connectivity index (χ0) is 12.1. The Morgan fingerprint density at radius 2 is 2.31 bits per heavy atom. The second-order valence-electron chi connectivity index (χ2n) is 4.19. The van der Waals surface area contributed by atoms with Gasteiger partial charge in [0.25, 0.3) is 0 Å². The van der Waals surface area contributed by atoms with Crippen molar-refractivity contribution in [2.45, 2.75) is 25.8 Å². The highest BCUT2D eigenvalue weighted by Crippen LogP contribution is 2.13. The predicted molar refractivity (Wildman–Crippen MR) is 59.5 cm³/mol. The molecule has 0 saturated carbocycles. The maximum absolute atomic E-state index is 11.7. The SMILES string of the molecule is C=C(C)C[C@@H](NC(=O)[C@H]1CCOC1)C(N)=O. The lowest BCUT2D eigenvalue weighted by Gasteiger charge is -2.17. The van der Waals surface area contributed by atoms with E-state index >= 15 is 0 Å². The fraction of sp³-hybridized carbons (Fsp3) is 0.636. The van der Waals surface area contributed by atoms with Crippen LogP contribution in [0.1, 0.15) is 19.8 Å². The van der Waals surface area contributed by atoms with E-state index in [4.69, 9.17) is 10.5 Å². The van der Waals surface area contributed by atoms with Gasteiger partial charge in [-0.25, -0.2) is 0 Å². The topological polar surface area (TPSA) is 81.4 Å². The van der Waals surface area contributed by atoms with Crippen LogP contribution in [0, 0.1) is 5.92 Å². The first-order chi connectivity index (χ1) is 7.50. The molecule has 1 aliphatic rings. The highest BCUT2D eigenvalue weighted by Gasteiger charge is 2.27. The van der Waals surface area contributed by atoms with Crippen LogP contribution in [0.2, 0.25) is 0 Å². The first kappa shape index (κ1) is 12.7. The average molecular weight is 226 g/mol. The fourth-order valence-corrected chi connectivity index (χ4v) is 1.60. The van der Waals surface area contributed by atoms with Gasteiger partial charge < -0.3 is 15.8 Å². The number of hydrogen-bond donors (Lipinski definition) is 2. The number of nitrogens with one attached hydrogen (secondary N) is 1. The third-order valence-corrected chi connectivity index (χ3v) is 2.51. The maximum atomic E-state index is 11.7. The number of rotatable bonds is 5. The summed E-state index contributed by atoms with van der Waals surface area (Å²) in [5, 5.41) is 2.64. The number of ether oxygens (including phenoxy) is 1. The second-order valence-corrected chi connectivity index (χ2v) is 4.19. The molecule has 3 N–H and O–H groups in total. The van der Waals surface area contributed by atoms with E-state index in [9.17, 15) is 9.59 Å². The summed E-state index contributed by atoms with van der Waals surface area (Å²) in [6.07, 6.45) is 1.08. The molecule has 0 aromatic heterocycles. The van der Waals surface area contributed by atoms with Crippen LogP contribution < -0.4 is 11.1 Å². The lowest BCUT2D eigenvalue weighted by molar-refractivity contribution is -0.129. The minimum atomic E-state index is -0.661. The summed E-state index contributed by atoms with van der Waals surface area (Å²) >= 11 is 0. The molecule has 0 aliphatic carbocycles. The molecule has 90 valence electrons. The van der Waals surface area contributed by atoms with E-state index in [0.29, 0.717) is 26.1 Å². The molecule has 0 bridgehead atoms. The van der Waals surface area contributed by atoms with Crippen molar-refractivity contribution in [3.8, 4) is 0 Å². The molecule has 16 heavy (non-hydrogen) atoms. The van der Waals surface area contributed by atoms with E-state index in [1.54, 1.807) is 6.92 Å². The molecule has 5 heteroatoms. The van der Waals surface area contributed by atoms with E-state index in [1.807, 2.05) is 0 Å². The minimum Gasteiger partial charge on any atom is -0.381 e. The van der Waals surface area contributed by atoms with Gasteiger partial charge in [0.15, 0.2) is 0 Å². The third-order valence-electron chi connectivity index (χ3n) is 2.51. The van der Waals surface area contributed by atoms with Gasteiger partial charge >= 0.3 is 0 Å². The van der Waals surface area contributed by atoms with Crippen molar-refractivity contribution in [2.75, 3.05) is 13.2 Å². The smallest absolute Gasteiger partial charge is 0.240 e. The van der Waals surface area contributed by atoms with Crippen LogP contribution in [0.25, 0.3) is 0 Å². The van der Waals surface area contributed by atoms with Gasteiger partial charge in [-0.15, -0.1) is 6.58 Å². The summed E-state index contributed by atoms with van der Waals surface area (Å²) in [6.45, 7) is 6.51. The molecule has 0 aromatic rings. The highest BCUT2D eigenvalue weighted by atomic mass is 16.5. The Morgan fingerprint density at radius 3 is 2.75 bits per heavy atom. The van der Waals surface area contributed by atoms with E-state index in [2.05, 4.69) is 11.9 Å².